The smallest absolute Gasteiger partial charge is 0.267 e. The average molecular weight is 300 g/mol. The first-order chi connectivity index (χ1) is 8.06. The van der Waals surface area contributed by atoms with E-state index in [2.05, 4.69) is 21.0 Å². The summed E-state index contributed by atoms with van der Waals surface area (Å²) in [6.45, 7) is 0.362. The second-order valence-electron chi connectivity index (χ2n) is 3.40. The minimum Gasteiger partial charge on any atom is -0.267 e. The molecule has 0 atom stereocenters. The molecular formula is C10H7BrFN3O2. The van der Waals surface area contributed by atoms with Crippen molar-refractivity contribution in [3.8, 4) is 0 Å². The molecule has 88 valence electrons. The maximum atomic E-state index is 13.3. The molecule has 7 heteroatoms. The molecule has 5 nitrogen and oxygen atoms in total. The largest absolute Gasteiger partial charge is 0.304 e. The van der Waals surface area contributed by atoms with Gasteiger partial charge in [0, 0.05) is 12.3 Å². The summed E-state index contributed by atoms with van der Waals surface area (Å²) in [5, 5.41) is 14.4. The van der Waals surface area contributed by atoms with Crippen LogP contribution in [0.25, 0.3) is 0 Å². The van der Waals surface area contributed by atoms with Gasteiger partial charge in [0.15, 0.2) is 0 Å². The van der Waals surface area contributed by atoms with Crippen LogP contribution in [-0.2, 0) is 6.54 Å². The van der Waals surface area contributed by atoms with Crippen LogP contribution in [0, 0.1) is 15.9 Å². The first-order valence-electron chi connectivity index (χ1n) is 4.67. The maximum absolute atomic E-state index is 13.3. The summed E-state index contributed by atoms with van der Waals surface area (Å²) < 4.78 is 15.7. The van der Waals surface area contributed by atoms with Gasteiger partial charge in [-0.05, 0) is 27.6 Å². The minimum atomic E-state index is -0.835. The Kier molecular flexibility index (Phi) is 3.19. The third-order valence-electron chi connectivity index (χ3n) is 2.16. The second kappa shape index (κ2) is 4.62. The quantitative estimate of drug-likeness (QED) is 0.647. The summed E-state index contributed by atoms with van der Waals surface area (Å²) in [6.07, 6.45) is 3.35. The molecule has 0 N–H and O–H groups in total. The van der Waals surface area contributed by atoms with Crippen molar-refractivity contribution in [1.29, 1.82) is 0 Å². The minimum absolute atomic E-state index is 0.362. The van der Waals surface area contributed by atoms with Gasteiger partial charge in [-0.3, -0.25) is 14.8 Å². The average Bonchev–Trinajstić information content (AvgIpc) is 2.63. The van der Waals surface area contributed by atoms with Crippen LogP contribution in [0.15, 0.2) is 35.1 Å². The molecule has 2 aromatic rings. The van der Waals surface area contributed by atoms with Gasteiger partial charge < -0.3 is 0 Å². The number of hydrogen-bond acceptors (Lipinski definition) is 3. The van der Waals surface area contributed by atoms with Crippen LogP contribution >= 0.6 is 15.9 Å². The first-order valence-corrected chi connectivity index (χ1v) is 5.46. The van der Waals surface area contributed by atoms with Crippen LogP contribution in [0.3, 0.4) is 0 Å². The van der Waals surface area contributed by atoms with Crippen molar-refractivity contribution in [3.63, 3.8) is 0 Å². The van der Waals surface area contributed by atoms with Crippen LogP contribution in [0.2, 0.25) is 0 Å². The van der Waals surface area contributed by atoms with Gasteiger partial charge in [0.25, 0.3) is 0 Å². The predicted molar refractivity (Wildman–Crippen MR) is 62.1 cm³/mol. The van der Waals surface area contributed by atoms with E-state index < -0.39 is 16.4 Å². The van der Waals surface area contributed by atoms with Gasteiger partial charge in [-0.2, -0.15) is 9.49 Å². The topological polar surface area (TPSA) is 61.0 Å². The highest BCUT2D eigenvalue weighted by Crippen LogP contribution is 2.18. The van der Waals surface area contributed by atoms with Crippen molar-refractivity contribution in [1.82, 2.24) is 9.78 Å². The Morgan fingerprint density at radius 2 is 2.29 bits per heavy atom. The van der Waals surface area contributed by atoms with Gasteiger partial charge in [0.2, 0.25) is 5.82 Å². The Labute approximate surface area is 104 Å². The highest BCUT2D eigenvalue weighted by molar-refractivity contribution is 9.10. The van der Waals surface area contributed by atoms with Gasteiger partial charge >= 0.3 is 5.69 Å². The summed E-state index contributed by atoms with van der Waals surface area (Å²) in [5.74, 6) is -0.835. The number of benzene rings is 1. The lowest BCUT2D eigenvalue weighted by atomic mass is 10.2. The van der Waals surface area contributed by atoms with E-state index in [0.29, 0.717) is 12.1 Å². The lowest BCUT2D eigenvalue weighted by Gasteiger charge is -2.02. The third kappa shape index (κ3) is 2.68. The molecule has 2 rings (SSSR count). The van der Waals surface area contributed by atoms with E-state index in [1.807, 2.05) is 0 Å². The molecule has 17 heavy (non-hydrogen) atoms. The molecule has 0 aliphatic rings. The molecule has 0 aliphatic heterocycles. The zero-order valence-corrected chi connectivity index (χ0v) is 10.1. The Morgan fingerprint density at radius 1 is 1.53 bits per heavy atom. The number of aromatic nitrogens is 2. The highest BCUT2D eigenvalue weighted by atomic mass is 79.9. The van der Waals surface area contributed by atoms with Gasteiger partial charge in [-0.25, -0.2) is 0 Å². The fourth-order valence-electron chi connectivity index (χ4n) is 1.41. The molecule has 0 radical (unpaired) electrons. The Bertz CT molecular complexity index is 570. The maximum Gasteiger partial charge on any atom is 0.304 e. The Balaban J connectivity index is 2.23. The van der Waals surface area contributed by atoms with Crippen LogP contribution in [0.5, 0.6) is 0 Å². The number of nitrogens with zero attached hydrogens (tertiary/aromatic N) is 3. The molecule has 1 aromatic carbocycles. The number of nitro benzene ring substituents is 1. The molecule has 0 amide bonds. The van der Waals surface area contributed by atoms with E-state index in [1.165, 1.54) is 6.07 Å². The van der Waals surface area contributed by atoms with Crippen LogP contribution in [0.1, 0.15) is 5.56 Å². The van der Waals surface area contributed by atoms with Gasteiger partial charge in [0.05, 0.1) is 22.1 Å². The molecule has 0 unspecified atom stereocenters. The lowest BCUT2D eigenvalue weighted by Crippen LogP contribution is -2.01. The van der Waals surface area contributed by atoms with Crippen LogP contribution < -0.4 is 0 Å². The van der Waals surface area contributed by atoms with E-state index in [-0.39, 0.29) is 0 Å². The van der Waals surface area contributed by atoms with Crippen molar-refractivity contribution in [2.24, 2.45) is 0 Å². The molecule has 0 saturated heterocycles. The Morgan fingerprint density at radius 3 is 2.82 bits per heavy atom. The molecule has 0 fully saturated rings. The van der Waals surface area contributed by atoms with Gasteiger partial charge in [-0.15, -0.1) is 0 Å². The molecule has 1 aromatic heterocycles. The van der Waals surface area contributed by atoms with E-state index >= 15 is 0 Å². The highest BCUT2D eigenvalue weighted by Gasteiger charge is 2.13. The fourth-order valence-corrected chi connectivity index (χ4v) is 1.74. The summed E-state index contributed by atoms with van der Waals surface area (Å²) in [7, 11) is 0. The van der Waals surface area contributed by atoms with E-state index in [1.54, 1.807) is 17.1 Å². The van der Waals surface area contributed by atoms with Crippen molar-refractivity contribution in [2.75, 3.05) is 0 Å². The first kappa shape index (κ1) is 11.7. The zero-order chi connectivity index (χ0) is 12.4. The van der Waals surface area contributed by atoms with Crippen LogP contribution in [-0.4, -0.2) is 14.7 Å². The molecule has 1 heterocycles. The SMILES string of the molecule is O=[N+]([O-])c1ccc(Cn2cc(Br)cn2)cc1F. The summed E-state index contributed by atoms with van der Waals surface area (Å²) >= 11 is 3.24. The fraction of sp³-hybridized carbons (Fsp3) is 0.100. The van der Waals surface area contributed by atoms with E-state index in [9.17, 15) is 14.5 Å². The second-order valence-corrected chi connectivity index (χ2v) is 4.31. The van der Waals surface area contributed by atoms with Crippen molar-refractivity contribution in [3.05, 3.63) is 56.6 Å². The molecule has 0 aliphatic carbocycles. The molecular weight excluding hydrogens is 293 g/mol. The molecule has 0 bridgehead atoms. The van der Waals surface area contributed by atoms with Gasteiger partial charge in [-0.1, -0.05) is 6.07 Å². The van der Waals surface area contributed by atoms with Gasteiger partial charge in [0.1, 0.15) is 0 Å². The number of rotatable bonds is 3. The summed E-state index contributed by atoms with van der Waals surface area (Å²) in [6, 6.07) is 3.81. The van der Waals surface area contributed by atoms with E-state index in [4.69, 9.17) is 0 Å². The monoisotopic (exact) mass is 299 g/mol. The van der Waals surface area contributed by atoms with Crippen LogP contribution in [0.4, 0.5) is 10.1 Å². The Hall–Kier alpha value is -1.76. The standard InChI is InChI=1S/C10H7BrFN3O2/c11-8-4-13-14(6-8)5-7-1-2-10(15(16)17)9(12)3-7/h1-4,6H,5H2. The predicted octanol–water partition coefficient (Wildman–Crippen LogP) is 2.74. The third-order valence-corrected chi connectivity index (χ3v) is 2.56. The van der Waals surface area contributed by atoms with Crippen molar-refractivity contribution in [2.45, 2.75) is 6.54 Å². The summed E-state index contributed by atoms with van der Waals surface area (Å²) in [4.78, 5) is 9.69. The normalized spacial score (nSPS) is 10.5. The summed E-state index contributed by atoms with van der Waals surface area (Å²) in [5.41, 5.74) is 0.0964. The van der Waals surface area contributed by atoms with Crippen molar-refractivity contribution < 1.29 is 9.31 Å². The number of nitro groups is 1. The number of hydrogen-bond donors (Lipinski definition) is 0. The zero-order valence-electron chi connectivity index (χ0n) is 8.51. The molecule has 0 saturated carbocycles. The van der Waals surface area contributed by atoms with E-state index in [0.717, 1.165) is 16.6 Å². The van der Waals surface area contributed by atoms with Crippen molar-refractivity contribution >= 4 is 21.6 Å². The lowest BCUT2D eigenvalue weighted by molar-refractivity contribution is -0.387. The molecule has 0 spiro atoms. The number of halogens is 2.